The van der Waals surface area contributed by atoms with Gasteiger partial charge >= 0.3 is 18.0 Å². The zero-order valence-electron chi connectivity index (χ0n) is 41.2. The van der Waals surface area contributed by atoms with Gasteiger partial charge in [0.15, 0.2) is 0 Å². The predicted molar refractivity (Wildman–Crippen MR) is 281 cm³/mol. The Morgan fingerprint density at radius 1 is 0.708 bits per heavy atom. The van der Waals surface area contributed by atoms with Crippen molar-refractivity contribution < 1.29 is 43.3 Å². The summed E-state index contributed by atoms with van der Waals surface area (Å²) in [4.78, 5) is 66.9. The summed E-state index contributed by atoms with van der Waals surface area (Å²) in [6, 6.07) is 47.6. The summed E-state index contributed by atoms with van der Waals surface area (Å²) in [7, 11) is 3.11. The van der Waals surface area contributed by atoms with E-state index in [4.69, 9.17) is 10.5 Å². The number of carboxylic acid groups (broad SMARTS) is 1. The van der Waals surface area contributed by atoms with E-state index in [1.807, 2.05) is 135 Å². The molecule has 0 spiro atoms. The number of halogens is 1. The summed E-state index contributed by atoms with van der Waals surface area (Å²) in [6.45, 7) is 6.04. The molecule has 2 aliphatic rings. The van der Waals surface area contributed by atoms with Crippen LogP contribution in [-0.4, -0.2) is 118 Å². The third-order valence-corrected chi connectivity index (χ3v) is 10.6. The molecule has 4 atom stereocenters. The molecule has 2 fully saturated rings. The SMILES string of the molecule is CCNC(=O)C(Cc1ccccc1)NC.COC(=O)CN.Cl.O=C(NC(Cc1ccccc1)C(=O)O)OCc1ccccc1.O=C1CNC(=O)C(Cc2ccccc2)N1.c1ccc(CC2CNCCN2)cc1. The summed E-state index contributed by atoms with van der Waals surface area (Å²) >= 11 is 0. The maximum atomic E-state index is 11.7. The molecular formula is C54H71ClN8O9. The van der Waals surface area contributed by atoms with Gasteiger partial charge in [0.25, 0.3) is 0 Å². The fraction of sp³-hybridized carbons (Fsp3) is 0.333. The number of methoxy groups -OCH3 is 1. The van der Waals surface area contributed by atoms with Crippen LogP contribution in [0.15, 0.2) is 152 Å². The van der Waals surface area contributed by atoms with Gasteiger partial charge in [-0.05, 0) is 54.6 Å². The molecule has 0 radical (unpaired) electrons. The van der Waals surface area contributed by atoms with Crippen LogP contribution >= 0.6 is 12.4 Å². The van der Waals surface area contributed by atoms with Crippen molar-refractivity contribution in [1.29, 1.82) is 0 Å². The molecule has 17 nitrogen and oxygen atoms in total. The highest BCUT2D eigenvalue weighted by molar-refractivity contribution is 5.94. The van der Waals surface area contributed by atoms with Gasteiger partial charge < -0.3 is 57.5 Å². The van der Waals surface area contributed by atoms with E-state index >= 15 is 0 Å². The van der Waals surface area contributed by atoms with Crippen molar-refractivity contribution in [3.05, 3.63) is 179 Å². The molecule has 2 heterocycles. The zero-order chi connectivity index (χ0) is 51.5. The minimum Gasteiger partial charge on any atom is -0.480 e. The van der Waals surface area contributed by atoms with Crippen LogP contribution in [0.2, 0.25) is 0 Å². The lowest BCUT2D eigenvalue weighted by molar-refractivity contribution is -0.140. The summed E-state index contributed by atoms with van der Waals surface area (Å²) in [5, 5.41) is 29.5. The Morgan fingerprint density at radius 3 is 1.62 bits per heavy atom. The lowest BCUT2D eigenvalue weighted by Gasteiger charge is -2.24. The number of piperazine rings is 2. The van der Waals surface area contributed by atoms with Crippen molar-refractivity contribution in [2.45, 2.75) is 63.4 Å². The first kappa shape index (κ1) is 61.0. The van der Waals surface area contributed by atoms with E-state index in [0.717, 1.165) is 49.2 Å². The summed E-state index contributed by atoms with van der Waals surface area (Å²) < 4.78 is 9.17. The molecule has 2 saturated heterocycles. The highest BCUT2D eigenvalue weighted by Crippen LogP contribution is 2.08. The number of carbonyl (C=O) groups excluding carboxylic acids is 5. The number of nitrogens with two attached hydrogens (primary N) is 1. The predicted octanol–water partition coefficient (Wildman–Crippen LogP) is 3.74. The van der Waals surface area contributed by atoms with Crippen LogP contribution < -0.4 is 43.0 Å². The average Bonchev–Trinajstić information content (AvgIpc) is 3.40. The topological polar surface area (TPSA) is 251 Å². The van der Waals surface area contributed by atoms with Gasteiger partial charge in [-0.25, -0.2) is 9.59 Å². The molecule has 18 heteroatoms. The zero-order valence-corrected chi connectivity index (χ0v) is 42.0. The van der Waals surface area contributed by atoms with Gasteiger partial charge in [0.2, 0.25) is 17.7 Å². The lowest BCUT2D eigenvalue weighted by atomic mass is 10.0. The van der Waals surface area contributed by atoms with Gasteiger partial charge in [-0.3, -0.25) is 19.2 Å². The minimum absolute atomic E-state index is 0. The smallest absolute Gasteiger partial charge is 0.408 e. The van der Waals surface area contributed by atoms with Crippen molar-refractivity contribution in [3.8, 4) is 0 Å². The molecule has 4 unspecified atom stereocenters. The molecule has 0 aromatic heterocycles. The van der Waals surface area contributed by atoms with Crippen LogP contribution in [0.5, 0.6) is 0 Å². The Morgan fingerprint density at radius 2 is 1.19 bits per heavy atom. The number of hydrogen-bond donors (Lipinski definition) is 9. The van der Waals surface area contributed by atoms with Gasteiger partial charge in [-0.1, -0.05) is 152 Å². The van der Waals surface area contributed by atoms with Crippen LogP contribution in [0, 0.1) is 0 Å². The molecule has 4 amide bonds. The van der Waals surface area contributed by atoms with Crippen LogP contribution in [0.25, 0.3) is 0 Å². The monoisotopic (exact) mass is 1010 g/mol. The number of hydrogen-bond acceptors (Lipinski definition) is 12. The van der Waals surface area contributed by atoms with Crippen molar-refractivity contribution in [2.75, 3.05) is 53.4 Å². The van der Waals surface area contributed by atoms with Gasteiger partial charge in [-0.15, -0.1) is 12.4 Å². The van der Waals surface area contributed by atoms with E-state index in [9.17, 15) is 33.9 Å². The van der Waals surface area contributed by atoms with Crippen molar-refractivity contribution in [1.82, 2.24) is 37.2 Å². The lowest BCUT2D eigenvalue weighted by Crippen LogP contribution is -2.56. The first-order valence-corrected chi connectivity index (χ1v) is 23.5. The van der Waals surface area contributed by atoms with Gasteiger partial charge in [0, 0.05) is 45.1 Å². The number of ether oxygens (including phenoxy) is 2. The molecule has 5 aromatic rings. The second kappa shape index (κ2) is 36.7. The number of aliphatic carboxylic acids is 1. The van der Waals surface area contributed by atoms with Gasteiger partial charge in [0.1, 0.15) is 18.7 Å². The molecule has 2 aliphatic heterocycles. The fourth-order valence-corrected chi connectivity index (χ4v) is 6.86. The Balaban J connectivity index is 0.000000320. The van der Waals surface area contributed by atoms with E-state index < -0.39 is 24.1 Å². The van der Waals surface area contributed by atoms with E-state index in [0.29, 0.717) is 19.0 Å². The number of likely N-dealkylation sites (N-methyl/N-ethyl adjacent to an activating group) is 2. The highest BCUT2D eigenvalue weighted by Gasteiger charge is 2.26. The third-order valence-electron chi connectivity index (χ3n) is 10.6. The van der Waals surface area contributed by atoms with E-state index in [-0.39, 0.29) is 68.3 Å². The minimum atomic E-state index is -1.10. The van der Waals surface area contributed by atoms with Crippen LogP contribution in [-0.2, 0) is 65.7 Å². The summed E-state index contributed by atoms with van der Waals surface area (Å²) in [5.74, 6) is -1.66. The molecule has 5 aromatic carbocycles. The number of benzene rings is 5. The Hall–Kier alpha value is -7.15. The standard InChI is InChI=1S/C17H17NO4.C12H18N2O.C11H12N2O2.C11H16N2.C3H7NO2.ClH/c19-16(20)15(11-13-7-3-1-4-8-13)18-17(21)22-12-14-9-5-2-6-10-14;1-3-14-12(15)11(13-2)9-10-7-5-4-6-8-10;14-10-7-12-11(15)9(13-10)6-8-4-2-1-3-5-8;1-2-4-10(5-3-1)8-11-9-12-6-7-13-11;1-6-3(5)2-4;/h1-10,15H,11-12H2,(H,18,21)(H,19,20);4-8,11,13H,3,9H2,1-2H3,(H,14,15);1-5,9H,6-7H2,(H,12,15)(H,13,14);1-5,11-13H,6-9H2;2,4H2,1H3;1H. The highest BCUT2D eigenvalue weighted by atomic mass is 35.5. The molecule has 388 valence electrons. The second-order valence-electron chi connectivity index (χ2n) is 16.1. The number of alkyl carbamates (subject to hydrolysis) is 1. The van der Waals surface area contributed by atoms with E-state index in [2.05, 4.69) is 72.3 Å². The molecule has 10 N–H and O–H groups in total. The van der Waals surface area contributed by atoms with Crippen molar-refractivity contribution in [3.63, 3.8) is 0 Å². The van der Waals surface area contributed by atoms with Gasteiger partial charge in [-0.2, -0.15) is 0 Å². The first-order chi connectivity index (χ1) is 34.4. The summed E-state index contributed by atoms with van der Waals surface area (Å²) in [5.41, 5.74) is 10.1. The number of carboxylic acids is 1. The van der Waals surface area contributed by atoms with Crippen molar-refractivity contribution in [2.24, 2.45) is 5.73 Å². The molecule has 0 aliphatic carbocycles. The Kier molecular flexibility index (Phi) is 31.1. The molecule has 0 bridgehead atoms. The first-order valence-electron chi connectivity index (χ1n) is 23.5. The molecule has 72 heavy (non-hydrogen) atoms. The molecular weight excluding hydrogens is 940 g/mol. The number of esters is 1. The number of carbonyl (C=O) groups is 6. The molecule has 0 saturated carbocycles. The second-order valence-corrected chi connectivity index (χ2v) is 16.1. The summed E-state index contributed by atoms with van der Waals surface area (Å²) in [6.07, 6.45) is 1.86. The van der Waals surface area contributed by atoms with E-state index in [1.54, 1.807) is 0 Å². The normalized spacial score (nSPS) is 15.1. The quantitative estimate of drug-likeness (QED) is 0.0641. The van der Waals surface area contributed by atoms with Crippen LogP contribution in [0.4, 0.5) is 4.79 Å². The number of rotatable bonds is 16. The van der Waals surface area contributed by atoms with Crippen LogP contribution in [0.1, 0.15) is 34.7 Å². The van der Waals surface area contributed by atoms with Gasteiger partial charge in [0.05, 0.1) is 26.2 Å². The molecule has 7 rings (SSSR count). The largest absolute Gasteiger partial charge is 0.480 e. The Bertz CT molecular complexity index is 2280. The third kappa shape index (κ3) is 26.2. The number of nitrogens with one attached hydrogen (secondary N) is 7. The Labute approximate surface area is 429 Å². The number of amides is 4. The maximum absolute atomic E-state index is 11.7. The fourth-order valence-electron chi connectivity index (χ4n) is 6.86. The average molecular weight is 1010 g/mol. The van der Waals surface area contributed by atoms with E-state index in [1.165, 1.54) is 18.2 Å². The van der Waals surface area contributed by atoms with Crippen molar-refractivity contribution >= 4 is 48.2 Å². The maximum Gasteiger partial charge on any atom is 0.408 e. The van der Waals surface area contributed by atoms with Crippen LogP contribution in [0.3, 0.4) is 0 Å².